The average molecular weight is 498 g/mol. The van der Waals surface area contributed by atoms with Crippen molar-refractivity contribution in [2.75, 3.05) is 17.1 Å². The van der Waals surface area contributed by atoms with Gasteiger partial charge >= 0.3 is 0 Å². The zero-order chi connectivity index (χ0) is 24.3. The molecule has 0 aliphatic rings. The number of fused-ring (bicyclic) bond motifs is 1. The summed E-state index contributed by atoms with van der Waals surface area (Å²) in [7, 11) is -2.43. The van der Waals surface area contributed by atoms with Crippen molar-refractivity contribution in [3.05, 3.63) is 83.3 Å². The first-order chi connectivity index (χ1) is 16.3. The lowest BCUT2D eigenvalue weighted by atomic mass is 10.2. The fourth-order valence-electron chi connectivity index (χ4n) is 3.21. The molecule has 0 unspecified atom stereocenters. The van der Waals surface area contributed by atoms with E-state index < -0.39 is 10.0 Å². The van der Waals surface area contributed by atoms with Crippen molar-refractivity contribution in [2.45, 2.75) is 11.8 Å². The molecule has 2 N–H and O–H groups in total. The van der Waals surface area contributed by atoms with Crippen LogP contribution in [0.3, 0.4) is 0 Å². The number of oxazole rings is 1. The summed E-state index contributed by atoms with van der Waals surface area (Å²) in [5.41, 5.74) is 2.98. The predicted molar refractivity (Wildman–Crippen MR) is 132 cm³/mol. The summed E-state index contributed by atoms with van der Waals surface area (Å²) < 4.78 is 39.2. The van der Waals surface area contributed by atoms with Crippen LogP contribution in [0, 0.1) is 6.92 Å². The lowest BCUT2D eigenvalue weighted by molar-refractivity contribution is -0.103. The van der Waals surface area contributed by atoms with Crippen molar-refractivity contribution >= 4 is 56.0 Å². The van der Waals surface area contributed by atoms with E-state index in [-0.39, 0.29) is 22.1 Å². The van der Waals surface area contributed by atoms with Crippen molar-refractivity contribution < 1.29 is 22.4 Å². The molecule has 174 valence electrons. The third-order valence-corrected chi connectivity index (χ3v) is 6.47. The Bertz CT molecular complexity index is 1510. The molecular formula is C24H20ClN3O5S. The molecule has 10 heteroatoms. The van der Waals surface area contributed by atoms with Gasteiger partial charge < -0.3 is 14.5 Å². The van der Waals surface area contributed by atoms with E-state index in [4.69, 9.17) is 20.8 Å². The molecule has 4 aromatic rings. The van der Waals surface area contributed by atoms with Gasteiger partial charge in [-0.2, -0.15) is 0 Å². The van der Waals surface area contributed by atoms with Gasteiger partial charge in [0.1, 0.15) is 11.3 Å². The maximum atomic E-state index is 12.8. The summed E-state index contributed by atoms with van der Waals surface area (Å²) in [4.78, 5) is 16.0. The van der Waals surface area contributed by atoms with Gasteiger partial charge in [0.15, 0.2) is 11.9 Å². The second kappa shape index (κ2) is 9.58. The number of carbonyl (C=O) groups excluding carboxylic acids is 1. The second-order valence-corrected chi connectivity index (χ2v) is 9.45. The van der Waals surface area contributed by atoms with Crippen molar-refractivity contribution in [1.82, 2.24) is 4.98 Å². The first kappa shape index (κ1) is 23.3. The number of methoxy groups -OCH3 is 1. The Balaban J connectivity index is 1.59. The number of hydrogen-bond acceptors (Lipinski definition) is 7. The standard InChI is InChI=1S/C24H20ClN3O5S/c1-15-4-3-5-18(10-15)28-34(30,31)19-7-8-20(23(12-19)32-2)26-13-16(14-29)24-27-21-11-17(25)6-9-22(21)33-24/h3-14,26,28H,1-2H3/b16-13+. The number of aromatic nitrogens is 1. The number of anilines is 2. The normalized spacial score (nSPS) is 11.9. The molecule has 34 heavy (non-hydrogen) atoms. The number of aryl methyl sites for hydroxylation is 1. The number of nitrogens with zero attached hydrogens (tertiary/aromatic N) is 1. The number of sulfonamides is 1. The molecule has 0 aliphatic heterocycles. The molecule has 3 aromatic carbocycles. The zero-order valence-electron chi connectivity index (χ0n) is 18.2. The SMILES string of the molecule is COc1cc(S(=O)(=O)Nc2cccc(C)c2)ccc1N/C=C(\C=O)c1nc2cc(Cl)ccc2o1. The van der Waals surface area contributed by atoms with Crippen molar-refractivity contribution in [2.24, 2.45) is 0 Å². The minimum atomic E-state index is -3.84. The molecule has 0 spiro atoms. The van der Waals surface area contributed by atoms with Crippen LogP contribution in [0.1, 0.15) is 11.5 Å². The molecule has 0 radical (unpaired) electrons. The molecule has 1 aromatic heterocycles. The van der Waals surface area contributed by atoms with Crippen LogP contribution in [-0.2, 0) is 14.8 Å². The molecule has 0 bridgehead atoms. The zero-order valence-corrected chi connectivity index (χ0v) is 19.8. The fourth-order valence-corrected chi connectivity index (χ4v) is 4.44. The number of allylic oxidation sites excluding steroid dienone is 1. The van der Waals surface area contributed by atoms with Crippen LogP contribution in [-0.4, -0.2) is 26.8 Å². The highest BCUT2D eigenvalue weighted by Crippen LogP contribution is 2.30. The third kappa shape index (κ3) is 5.05. The van der Waals surface area contributed by atoms with Crippen LogP contribution < -0.4 is 14.8 Å². The van der Waals surface area contributed by atoms with E-state index in [9.17, 15) is 13.2 Å². The number of benzene rings is 3. The molecule has 0 saturated carbocycles. The summed E-state index contributed by atoms with van der Waals surface area (Å²) >= 11 is 5.97. The van der Waals surface area contributed by atoms with E-state index in [0.717, 1.165) is 5.56 Å². The molecule has 0 atom stereocenters. The highest BCUT2D eigenvalue weighted by molar-refractivity contribution is 7.92. The molecule has 4 rings (SSSR count). The molecule has 0 saturated heterocycles. The topological polar surface area (TPSA) is 111 Å². The average Bonchev–Trinajstić information content (AvgIpc) is 3.22. The van der Waals surface area contributed by atoms with Gasteiger partial charge in [-0.05, 0) is 55.0 Å². The minimum Gasteiger partial charge on any atom is -0.495 e. The number of nitrogens with one attached hydrogen (secondary N) is 2. The Kier molecular flexibility index (Phi) is 6.58. The van der Waals surface area contributed by atoms with Gasteiger partial charge in [0.25, 0.3) is 10.0 Å². The Morgan fingerprint density at radius 2 is 1.94 bits per heavy atom. The van der Waals surface area contributed by atoms with Crippen LogP contribution >= 0.6 is 11.6 Å². The summed E-state index contributed by atoms with van der Waals surface area (Å²) in [6.07, 6.45) is 1.99. The fraction of sp³-hybridized carbons (Fsp3) is 0.0833. The van der Waals surface area contributed by atoms with Crippen LogP contribution in [0.15, 0.2) is 76.2 Å². The molecule has 0 aliphatic carbocycles. The number of hydrogen-bond donors (Lipinski definition) is 2. The summed E-state index contributed by atoms with van der Waals surface area (Å²) in [6, 6.07) is 16.4. The largest absolute Gasteiger partial charge is 0.495 e. The first-order valence-electron chi connectivity index (χ1n) is 10.0. The Morgan fingerprint density at radius 1 is 1.12 bits per heavy atom. The van der Waals surface area contributed by atoms with Gasteiger partial charge in [-0.1, -0.05) is 23.7 Å². The summed E-state index contributed by atoms with van der Waals surface area (Å²) in [5.74, 6) is 0.373. The van der Waals surface area contributed by atoms with Crippen LogP contribution in [0.4, 0.5) is 11.4 Å². The minimum absolute atomic E-state index is 0.0202. The van der Waals surface area contributed by atoms with E-state index in [1.54, 1.807) is 36.4 Å². The maximum Gasteiger partial charge on any atom is 0.262 e. The lowest BCUT2D eigenvalue weighted by Gasteiger charge is -2.13. The van der Waals surface area contributed by atoms with E-state index >= 15 is 0 Å². The second-order valence-electron chi connectivity index (χ2n) is 7.33. The number of carbonyl (C=O) groups is 1. The van der Waals surface area contributed by atoms with Gasteiger partial charge in [-0.3, -0.25) is 9.52 Å². The number of ether oxygens (including phenoxy) is 1. The van der Waals surface area contributed by atoms with Crippen LogP contribution in [0.25, 0.3) is 16.7 Å². The van der Waals surface area contributed by atoms with Crippen molar-refractivity contribution in [1.29, 1.82) is 0 Å². The molecule has 0 fully saturated rings. The van der Waals surface area contributed by atoms with E-state index in [1.807, 2.05) is 13.0 Å². The molecule has 1 heterocycles. The highest BCUT2D eigenvalue weighted by atomic mass is 35.5. The summed E-state index contributed by atoms with van der Waals surface area (Å²) in [5, 5.41) is 3.44. The monoisotopic (exact) mass is 497 g/mol. The third-order valence-electron chi connectivity index (χ3n) is 4.86. The Labute approximate surface area is 201 Å². The van der Waals surface area contributed by atoms with E-state index in [1.165, 1.54) is 31.5 Å². The van der Waals surface area contributed by atoms with Crippen molar-refractivity contribution in [3.8, 4) is 5.75 Å². The van der Waals surface area contributed by atoms with E-state index in [2.05, 4.69) is 15.0 Å². The van der Waals surface area contributed by atoms with Crippen LogP contribution in [0.2, 0.25) is 5.02 Å². The summed E-state index contributed by atoms with van der Waals surface area (Å²) in [6.45, 7) is 1.87. The first-order valence-corrected chi connectivity index (χ1v) is 11.9. The van der Waals surface area contributed by atoms with Gasteiger partial charge in [0.05, 0.1) is 23.3 Å². The lowest BCUT2D eigenvalue weighted by Crippen LogP contribution is -2.13. The molecular weight excluding hydrogens is 478 g/mol. The maximum absolute atomic E-state index is 12.8. The quantitative estimate of drug-likeness (QED) is 0.252. The van der Waals surface area contributed by atoms with Crippen LogP contribution in [0.5, 0.6) is 5.75 Å². The molecule has 0 amide bonds. The van der Waals surface area contributed by atoms with Gasteiger partial charge in [0, 0.05) is 23.0 Å². The molecule has 8 nitrogen and oxygen atoms in total. The highest BCUT2D eigenvalue weighted by Gasteiger charge is 2.17. The number of aldehydes is 1. The van der Waals surface area contributed by atoms with Gasteiger partial charge in [-0.15, -0.1) is 0 Å². The predicted octanol–water partition coefficient (Wildman–Crippen LogP) is 5.25. The smallest absolute Gasteiger partial charge is 0.262 e. The number of rotatable bonds is 8. The van der Waals surface area contributed by atoms with Crippen molar-refractivity contribution in [3.63, 3.8) is 0 Å². The van der Waals surface area contributed by atoms with Gasteiger partial charge in [0.2, 0.25) is 5.89 Å². The van der Waals surface area contributed by atoms with Gasteiger partial charge in [-0.25, -0.2) is 13.4 Å². The Morgan fingerprint density at radius 3 is 2.68 bits per heavy atom. The van der Waals surface area contributed by atoms with E-state index in [0.29, 0.717) is 33.8 Å². The number of halogens is 1. The Hall–Kier alpha value is -3.82.